The van der Waals surface area contributed by atoms with E-state index in [0.717, 1.165) is 55.0 Å². The minimum atomic E-state index is -0.362. The molecule has 0 N–H and O–H groups in total. The van der Waals surface area contributed by atoms with Crippen LogP contribution in [0.3, 0.4) is 0 Å². The standard InChI is InChI=1S/C55H97O3/c1-5-9-11-13-15-20-24-31-41-55(42-32-25-21-16-14-12-10-6-2)52-44-47(46-34-28-27-29-35-46)37-39-50(52)51-40-38-49(45-53(51)55)57-43-33-26-22-18-17-19-23-30-36-54(56)58-48(7-3)8-4/h7-8,34,46-53H,3-6,9-33,35-45H2,1-2H3/q+1. The molecule has 334 valence electrons. The third-order valence-corrected chi connectivity index (χ3v) is 16.2. The number of rotatable bonds is 34. The average Bonchev–Trinajstić information content (AvgIpc) is 3.51. The molecule has 4 saturated carbocycles. The summed E-state index contributed by atoms with van der Waals surface area (Å²) in [5.41, 5.74) is 0.578. The molecule has 4 fully saturated rings. The summed E-state index contributed by atoms with van der Waals surface area (Å²) in [6.45, 7) is 13.0. The van der Waals surface area contributed by atoms with Crippen molar-refractivity contribution in [3.63, 3.8) is 0 Å². The molecule has 0 amide bonds. The van der Waals surface area contributed by atoms with E-state index in [1.165, 1.54) is 205 Å². The maximum atomic E-state index is 12.0. The number of esters is 1. The van der Waals surface area contributed by atoms with Crippen molar-refractivity contribution in [2.24, 2.45) is 40.9 Å². The zero-order valence-corrected chi connectivity index (χ0v) is 38.9. The van der Waals surface area contributed by atoms with Crippen molar-refractivity contribution in [1.29, 1.82) is 0 Å². The largest absolute Gasteiger partial charge is 0.454 e. The Labute approximate surface area is 361 Å². The van der Waals surface area contributed by atoms with Crippen LogP contribution in [-0.2, 0) is 14.3 Å². The summed E-state index contributed by atoms with van der Waals surface area (Å²) >= 11 is 0. The fraction of sp³-hybridized carbons (Fsp3) is 0.891. The van der Waals surface area contributed by atoms with E-state index in [9.17, 15) is 4.79 Å². The van der Waals surface area contributed by atoms with Crippen molar-refractivity contribution in [2.75, 3.05) is 6.61 Å². The van der Waals surface area contributed by atoms with Gasteiger partial charge >= 0.3 is 5.97 Å². The lowest BCUT2D eigenvalue weighted by molar-refractivity contribution is -0.145. The van der Waals surface area contributed by atoms with Gasteiger partial charge in [-0.15, -0.1) is 0 Å². The van der Waals surface area contributed by atoms with E-state index in [2.05, 4.69) is 33.4 Å². The van der Waals surface area contributed by atoms with E-state index in [0.29, 0.717) is 17.9 Å². The van der Waals surface area contributed by atoms with Crippen LogP contribution in [0.2, 0.25) is 0 Å². The number of ether oxygens (including phenoxy) is 2. The Balaban J connectivity index is 1.29. The number of hydrogen-bond acceptors (Lipinski definition) is 3. The van der Waals surface area contributed by atoms with E-state index in [-0.39, 0.29) is 12.1 Å². The summed E-state index contributed by atoms with van der Waals surface area (Å²) in [4.78, 5) is 12.0. The van der Waals surface area contributed by atoms with Gasteiger partial charge in [0, 0.05) is 18.9 Å². The fourth-order valence-corrected chi connectivity index (χ4v) is 13.1. The van der Waals surface area contributed by atoms with Crippen LogP contribution in [0.4, 0.5) is 0 Å². The molecule has 0 saturated heterocycles. The summed E-state index contributed by atoms with van der Waals surface area (Å²) in [6.07, 6.45) is 57.1. The van der Waals surface area contributed by atoms with Gasteiger partial charge < -0.3 is 9.47 Å². The van der Waals surface area contributed by atoms with Crippen molar-refractivity contribution in [1.82, 2.24) is 0 Å². The Morgan fingerprint density at radius 2 is 1.14 bits per heavy atom. The summed E-state index contributed by atoms with van der Waals surface area (Å²) in [6, 6.07) is 0. The van der Waals surface area contributed by atoms with Crippen LogP contribution in [0.1, 0.15) is 251 Å². The van der Waals surface area contributed by atoms with E-state index < -0.39 is 0 Å². The predicted octanol–water partition coefficient (Wildman–Crippen LogP) is 17.1. The molecule has 58 heavy (non-hydrogen) atoms. The molecule has 7 unspecified atom stereocenters. The number of unbranched alkanes of at least 4 members (excludes halogenated alkanes) is 21. The molecule has 0 aromatic carbocycles. The molecule has 0 aliphatic heterocycles. The summed E-state index contributed by atoms with van der Waals surface area (Å²) in [5, 5.41) is 0. The highest BCUT2D eigenvalue weighted by molar-refractivity contribution is 5.69. The van der Waals surface area contributed by atoms with E-state index in [4.69, 9.17) is 9.47 Å². The van der Waals surface area contributed by atoms with Crippen LogP contribution >= 0.6 is 0 Å². The third-order valence-electron chi connectivity index (χ3n) is 16.2. The molecule has 0 radical (unpaired) electrons. The van der Waals surface area contributed by atoms with Gasteiger partial charge in [-0.3, -0.25) is 4.79 Å². The first kappa shape index (κ1) is 49.4. The van der Waals surface area contributed by atoms with Crippen LogP contribution in [0.25, 0.3) is 0 Å². The number of carbonyl (C=O) groups is 1. The van der Waals surface area contributed by atoms with Crippen molar-refractivity contribution in [3.8, 4) is 0 Å². The molecule has 0 aromatic heterocycles. The van der Waals surface area contributed by atoms with E-state index >= 15 is 0 Å². The molecule has 4 rings (SSSR count). The molecule has 4 aliphatic carbocycles. The van der Waals surface area contributed by atoms with Crippen LogP contribution in [0.5, 0.6) is 0 Å². The second kappa shape index (κ2) is 29.9. The monoisotopic (exact) mass is 806 g/mol. The van der Waals surface area contributed by atoms with Crippen molar-refractivity contribution in [3.05, 3.63) is 31.7 Å². The normalized spacial score (nSPS) is 26.5. The first-order chi connectivity index (χ1) is 28.6. The maximum Gasteiger partial charge on any atom is 0.306 e. The fourth-order valence-electron chi connectivity index (χ4n) is 13.1. The lowest BCUT2D eigenvalue weighted by atomic mass is 9.58. The molecule has 0 heterocycles. The highest BCUT2D eigenvalue weighted by atomic mass is 16.5. The Morgan fingerprint density at radius 1 is 0.621 bits per heavy atom. The zero-order chi connectivity index (χ0) is 41.1. The van der Waals surface area contributed by atoms with Gasteiger partial charge in [0.25, 0.3) is 0 Å². The molecular weight excluding hydrogens is 709 g/mol. The van der Waals surface area contributed by atoms with Crippen LogP contribution in [0, 0.1) is 47.3 Å². The van der Waals surface area contributed by atoms with Crippen LogP contribution in [-0.4, -0.2) is 24.8 Å². The molecule has 7 atom stereocenters. The quantitative estimate of drug-likeness (QED) is 0.0281. The van der Waals surface area contributed by atoms with Crippen LogP contribution < -0.4 is 0 Å². The topological polar surface area (TPSA) is 35.5 Å². The first-order valence-electron chi connectivity index (χ1n) is 26.5. The first-order valence-corrected chi connectivity index (χ1v) is 26.5. The van der Waals surface area contributed by atoms with Crippen molar-refractivity contribution >= 4 is 5.97 Å². The Morgan fingerprint density at radius 3 is 1.69 bits per heavy atom. The lowest BCUT2D eigenvalue weighted by Crippen LogP contribution is -2.40. The average molecular weight is 806 g/mol. The van der Waals surface area contributed by atoms with Crippen molar-refractivity contribution < 1.29 is 14.3 Å². The van der Waals surface area contributed by atoms with Gasteiger partial charge in [0.05, 0.1) is 18.9 Å². The minimum Gasteiger partial charge on any atom is -0.454 e. The van der Waals surface area contributed by atoms with Gasteiger partial charge in [-0.1, -0.05) is 168 Å². The van der Waals surface area contributed by atoms with Gasteiger partial charge in [-0.05, 0) is 125 Å². The summed E-state index contributed by atoms with van der Waals surface area (Å²) < 4.78 is 12.2. The second-order valence-corrected chi connectivity index (χ2v) is 20.3. The van der Waals surface area contributed by atoms with Crippen LogP contribution in [0.15, 0.2) is 25.3 Å². The zero-order valence-electron chi connectivity index (χ0n) is 38.9. The minimum absolute atomic E-state index is 0.135. The summed E-state index contributed by atoms with van der Waals surface area (Å²) in [5.74, 6) is 5.64. The van der Waals surface area contributed by atoms with Crippen molar-refractivity contribution in [2.45, 2.75) is 264 Å². The smallest absolute Gasteiger partial charge is 0.306 e. The molecule has 0 spiro atoms. The van der Waals surface area contributed by atoms with Gasteiger partial charge in [0.1, 0.15) is 12.0 Å². The third kappa shape index (κ3) is 16.9. The van der Waals surface area contributed by atoms with Gasteiger partial charge in [-0.25, -0.2) is 0 Å². The molecule has 0 bridgehead atoms. The molecular formula is C55H97O3+. The van der Waals surface area contributed by atoms with Gasteiger partial charge in [-0.2, -0.15) is 0 Å². The predicted molar refractivity (Wildman–Crippen MR) is 250 cm³/mol. The number of hydrogen-bond donors (Lipinski definition) is 0. The Hall–Kier alpha value is -1.22. The highest BCUT2D eigenvalue weighted by Gasteiger charge is 2.61. The Kier molecular flexibility index (Phi) is 25.5. The van der Waals surface area contributed by atoms with E-state index in [1.54, 1.807) is 25.0 Å². The highest BCUT2D eigenvalue weighted by Crippen LogP contribution is 2.68. The maximum absolute atomic E-state index is 12.0. The summed E-state index contributed by atoms with van der Waals surface area (Å²) in [7, 11) is 0. The molecule has 3 heteroatoms. The van der Waals surface area contributed by atoms with Gasteiger partial charge in [0.15, 0.2) is 0 Å². The molecule has 0 aromatic rings. The van der Waals surface area contributed by atoms with E-state index in [1.807, 2.05) is 0 Å². The van der Waals surface area contributed by atoms with Gasteiger partial charge in [0.2, 0.25) is 0 Å². The molecule has 4 aliphatic rings. The SMILES string of the molecule is C=CC(C=C)OC(=O)CCCCCCCCCCOC1CCC2C3CCC(C4[CH+]CCCC4)CC3C(CCCCCCCCCC)(CCCCCCCCCC)C2C1. The Bertz CT molecular complexity index is 1030. The number of carbonyl (C=O) groups excluding carboxylic acids is 1. The number of fused-ring (bicyclic) bond motifs is 3. The molecule has 3 nitrogen and oxygen atoms in total. The second-order valence-electron chi connectivity index (χ2n) is 20.3. The lowest BCUT2D eigenvalue weighted by Gasteiger charge is -2.47.